The van der Waals surface area contributed by atoms with Gasteiger partial charge in [-0.2, -0.15) is 0 Å². The van der Waals surface area contributed by atoms with Crippen LogP contribution in [0.1, 0.15) is 232 Å². The SMILES string of the molecule is CCCCCCCCCCCCCCCCCCCOC(=O)/C=C/C(=O)OCCCCCCCCCCCCCCCCCCC. The Hall–Kier alpha value is -1.32. The van der Waals surface area contributed by atoms with Crippen LogP contribution in [0.5, 0.6) is 0 Å². The maximum absolute atomic E-state index is 11.8. The van der Waals surface area contributed by atoms with Gasteiger partial charge in [0.1, 0.15) is 0 Å². The first-order valence-electron chi connectivity index (χ1n) is 20.7. The molecule has 0 radical (unpaired) electrons. The summed E-state index contributed by atoms with van der Waals surface area (Å²) in [5.41, 5.74) is 0. The molecule has 4 nitrogen and oxygen atoms in total. The molecule has 0 aliphatic heterocycles. The molecule has 0 aliphatic rings. The van der Waals surface area contributed by atoms with Crippen molar-refractivity contribution in [2.45, 2.75) is 232 Å². The molecule has 0 atom stereocenters. The Morgan fingerprint density at radius 1 is 0.304 bits per heavy atom. The molecular formula is C42H80O4. The molecule has 0 rings (SSSR count). The summed E-state index contributed by atoms with van der Waals surface area (Å²) in [7, 11) is 0. The maximum Gasteiger partial charge on any atom is 0.331 e. The highest BCUT2D eigenvalue weighted by Crippen LogP contribution is 2.15. The van der Waals surface area contributed by atoms with Gasteiger partial charge in [0.25, 0.3) is 0 Å². The van der Waals surface area contributed by atoms with Gasteiger partial charge in [-0.1, -0.05) is 219 Å². The van der Waals surface area contributed by atoms with Crippen LogP contribution in [0, 0.1) is 0 Å². The highest BCUT2D eigenvalue weighted by molar-refractivity contribution is 5.91. The molecule has 0 aliphatic carbocycles. The Kier molecular flexibility index (Phi) is 38.7. The lowest BCUT2D eigenvalue weighted by Crippen LogP contribution is -2.06. The van der Waals surface area contributed by atoms with Crippen LogP contribution >= 0.6 is 0 Å². The third-order valence-corrected chi connectivity index (χ3v) is 9.34. The highest BCUT2D eigenvalue weighted by Gasteiger charge is 2.02. The average molecular weight is 649 g/mol. The quantitative estimate of drug-likeness (QED) is 0.0380. The van der Waals surface area contributed by atoms with E-state index in [0.29, 0.717) is 13.2 Å². The molecule has 0 saturated carbocycles. The van der Waals surface area contributed by atoms with Crippen LogP contribution in [-0.4, -0.2) is 25.2 Å². The minimum absolute atomic E-state index is 0.427. The molecule has 0 heterocycles. The van der Waals surface area contributed by atoms with Gasteiger partial charge in [0, 0.05) is 12.2 Å². The molecule has 0 N–H and O–H groups in total. The van der Waals surface area contributed by atoms with Crippen LogP contribution in [0.25, 0.3) is 0 Å². The molecule has 0 spiro atoms. The Bertz CT molecular complexity index is 590. The van der Waals surface area contributed by atoms with E-state index >= 15 is 0 Å². The smallest absolute Gasteiger partial charge is 0.331 e. The van der Waals surface area contributed by atoms with E-state index in [0.717, 1.165) is 25.7 Å². The van der Waals surface area contributed by atoms with E-state index in [4.69, 9.17) is 9.47 Å². The third kappa shape index (κ3) is 38.9. The van der Waals surface area contributed by atoms with Crippen molar-refractivity contribution in [2.24, 2.45) is 0 Å². The number of hydrogen-bond acceptors (Lipinski definition) is 4. The first-order valence-corrected chi connectivity index (χ1v) is 20.7. The zero-order valence-electron chi connectivity index (χ0n) is 31.2. The van der Waals surface area contributed by atoms with Crippen LogP contribution in [0.4, 0.5) is 0 Å². The zero-order valence-corrected chi connectivity index (χ0v) is 31.2. The van der Waals surface area contributed by atoms with Crippen molar-refractivity contribution in [1.82, 2.24) is 0 Å². The van der Waals surface area contributed by atoms with Gasteiger partial charge in [-0.25, -0.2) is 9.59 Å². The van der Waals surface area contributed by atoms with Crippen molar-refractivity contribution >= 4 is 11.9 Å². The van der Waals surface area contributed by atoms with Crippen LogP contribution in [0.2, 0.25) is 0 Å². The van der Waals surface area contributed by atoms with Gasteiger partial charge in [-0.3, -0.25) is 0 Å². The monoisotopic (exact) mass is 649 g/mol. The first kappa shape index (κ1) is 44.7. The fourth-order valence-corrected chi connectivity index (χ4v) is 6.23. The van der Waals surface area contributed by atoms with Crippen LogP contribution in [0.3, 0.4) is 0 Å². The minimum Gasteiger partial charge on any atom is -0.463 e. The Morgan fingerprint density at radius 2 is 0.478 bits per heavy atom. The molecule has 46 heavy (non-hydrogen) atoms. The second kappa shape index (κ2) is 39.9. The third-order valence-electron chi connectivity index (χ3n) is 9.34. The van der Waals surface area contributed by atoms with Crippen molar-refractivity contribution in [3.8, 4) is 0 Å². The van der Waals surface area contributed by atoms with Gasteiger partial charge in [0.15, 0.2) is 0 Å². The van der Waals surface area contributed by atoms with Gasteiger partial charge >= 0.3 is 11.9 Å². The summed E-state index contributed by atoms with van der Waals surface area (Å²) in [6.45, 7) is 5.42. The Morgan fingerprint density at radius 3 is 0.674 bits per heavy atom. The number of ether oxygens (including phenoxy) is 2. The van der Waals surface area contributed by atoms with E-state index in [2.05, 4.69) is 13.8 Å². The zero-order chi connectivity index (χ0) is 33.4. The number of hydrogen-bond donors (Lipinski definition) is 0. The molecule has 0 saturated heterocycles. The Balaban J connectivity index is 3.32. The van der Waals surface area contributed by atoms with E-state index in [9.17, 15) is 9.59 Å². The maximum atomic E-state index is 11.8. The van der Waals surface area contributed by atoms with Gasteiger partial charge in [-0.15, -0.1) is 0 Å². The van der Waals surface area contributed by atoms with Crippen molar-refractivity contribution in [2.75, 3.05) is 13.2 Å². The molecular weight excluding hydrogens is 568 g/mol. The van der Waals surface area contributed by atoms with E-state index < -0.39 is 11.9 Å². The molecule has 0 unspecified atom stereocenters. The predicted molar refractivity (Wildman–Crippen MR) is 199 cm³/mol. The second-order valence-electron chi connectivity index (χ2n) is 14.0. The summed E-state index contributed by atoms with van der Waals surface area (Å²) >= 11 is 0. The lowest BCUT2D eigenvalue weighted by Gasteiger charge is -2.04. The molecule has 0 aromatic heterocycles. The van der Waals surface area contributed by atoms with E-state index in [-0.39, 0.29) is 0 Å². The Labute approximate surface area is 288 Å². The topological polar surface area (TPSA) is 52.6 Å². The molecule has 4 heteroatoms. The number of carbonyl (C=O) groups is 2. The van der Waals surface area contributed by atoms with Gasteiger partial charge in [-0.05, 0) is 12.8 Å². The fraction of sp³-hybridized carbons (Fsp3) is 0.905. The summed E-state index contributed by atoms with van der Waals surface area (Å²) in [5.74, 6) is -0.905. The number of unbranched alkanes of at least 4 members (excludes halogenated alkanes) is 32. The van der Waals surface area contributed by atoms with E-state index in [1.807, 2.05) is 0 Å². The van der Waals surface area contributed by atoms with Crippen LogP contribution in [0.15, 0.2) is 12.2 Å². The van der Waals surface area contributed by atoms with Crippen molar-refractivity contribution in [3.63, 3.8) is 0 Å². The second-order valence-corrected chi connectivity index (χ2v) is 14.0. The van der Waals surface area contributed by atoms with Gasteiger partial charge in [0.05, 0.1) is 13.2 Å². The number of rotatable bonds is 38. The summed E-state index contributed by atoms with van der Waals surface area (Å²) in [4.78, 5) is 23.7. The summed E-state index contributed by atoms with van der Waals surface area (Å²) in [6, 6.07) is 0. The molecule has 0 bridgehead atoms. The predicted octanol–water partition coefficient (Wildman–Crippen LogP) is 13.9. The number of carbonyl (C=O) groups excluding carboxylic acids is 2. The molecule has 0 aromatic carbocycles. The van der Waals surface area contributed by atoms with Crippen LogP contribution < -0.4 is 0 Å². The molecule has 0 fully saturated rings. The fourth-order valence-electron chi connectivity index (χ4n) is 6.23. The summed E-state index contributed by atoms with van der Waals surface area (Å²) in [5, 5.41) is 0. The van der Waals surface area contributed by atoms with E-state index in [1.54, 1.807) is 0 Å². The summed E-state index contributed by atoms with van der Waals surface area (Å²) in [6.07, 6.45) is 47.7. The minimum atomic E-state index is -0.453. The van der Waals surface area contributed by atoms with Crippen molar-refractivity contribution in [3.05, 3.63) is 12.2 Å². The van der Waals surface area contributed by atoms with Gasteiger partial charge in [0.2, 0.25) is 0 Å². The average Bonchev–Trinajstić information content (AvgIpc) is 3.06. The standard InChI is InChI=1S/C42H80O4/c1-3-5-7-9-11-13-15-17-19-21-23-25-27-29-31-33-35-39-45-41(43)37-38-42(44)46-40-36-34-32-30-28-26-24-22-20-18-16-14-12-10-8-6-4-2/h37-38H,3-36,39-40H2,1-2H3/b38-37+. The molecule has 0 aromatic rings. The van der Waals surface area contributed by atoms with Crippen LogP contribution in [-0.2, 0) is 19.1 Å². The van der Waals surface area contributed by atoms with E-state index in [1.165, 1.54) is 205 Å². The normalized spacial score (nSPS) is 11.4. The highest BCUT2D eigenvalue weighted by atomic mass is 16.5. The van der Waals surface area contributed by atoms with Gasteiger partial charge < -0.3 is 9.47 Å². The largest absolute Gasteiger partial charge is 0.463 e. The molecule has 0 amide bonds. The molecule has 272 valence electrons. The van der Waals surface area contributed by atoms with Crippen molar-refractivity contribution < 1.29 is 19.1 Å². The summed E-state index contributed by atoms with van der Waals surface area (Å²) < 4.78 is 10.4. The van der Waals surface area contributed by atoms with Crippen molar-refractivity contribution in [1.29, 1.82) is 0 Å². The lowest BCUT2D eigenvalue weighted by molar-refractivity contribution is -0.140. The lowest BCUT2D eigenvalue weighted by atomic mass is 10.0. The first-order chi connectivity index (χ1) is 22.7. The number of esters is 2.